The van der Waals surface area contributed by atoms with Crippen LogP contribution in [0.3, 0.4) is 0 Å². The molecule has 0 aliphatic carbocycles. The molecule has 2 heterocycles. The number of fused-ring (bicyclic) bond motifs is 1. The number of ether oxygens (including phenoxy) is 2. The maximum absolute atomic E-state index is 6.25. The Labute approximate surface area is 118 Å². The van der Waals surface area contributed by atoms with Gasteiger partial charge in [0.1, 0.15) is 6.61 Å². The Kier molecular flexibility index (Phi) is 3.28. The average molecular weight is 326 g/mol. The molecule has 1 aromatic carbocycles. The molecule has 18 heavy (non-hydrogen) atoms. The topological polar surface area (TPSA) is 44.5 Å². The number of para-hydroxylation sites is 2. The van der Waals surface area contributed by atoms with E-state index >= 15 is 0 Å². The zero-order valence-electron chi connectivity index (χ0n) is 9.51. The van der Waals surface area contributed by atoms with E-state index in [2.05, 4.69) is 15.9 Å². The number of rotatable bonds is 2. The molecule has 5 heteroatoms. The highest BCUT2D eigenvalue weighted by atomic mass is 79.9. The highest BCUT2D eigenvalue weighted by Crippen LogP contribution is 2.36. The molecule has 0 bridgehead atoms. The van der Waals surface area contributed by atoms with E-state index in [-0.39, 0.29) is 12.1 Å². The summed E-state index contributed by atoms with van der Waals surface area (Å²) in [6.07, 6.45) is -0.158. The van der Waals surface area contributed by atoms with Gasteiger partial charge in [0.05, 0.1) is 6.04 Å². The van der Waals surface area contributed by atoms with Gasteiger partial charge in [-0.25, -0.2) is 0 Å². The fourth-order valence-corrected chi connectivity index (χ4v) is 3.62. The number of halogens is 1. The second-order valence-corrected chi connectivity index (χ2v) is 5.87. The molecule has 3 rings (SSSR count). The van der Waals surface area contributed by atoms with Crippen molar-refractivity contribution >= 4 is 27.3 Å². The summed E-state index contributed by atoms with van der Waals surface area (Å²) < 4.78 is 12.6. The van der Waals surface area contributed by atoms with Gasteiger partial charge in [0.15, 0.2) is 17.6 Å². The van der Waals surface area contributed by atoms with Gasteiger partial charge in [0.2, 0.25) is 0 Å². The monoisotopic (exact) mass is 325 g/mol. The van der Waals surface area contributed by atoms with Crippen LogP contribution in [0.2, 0.25) is 0 Å². The molecule has 3 nitrogen and oxygen atoms in total. The van der Waals surface area contributed by atoms with E-state index in [1.54, 1.807) is 11.3 Å². The summed E-state index contributed by atoms with van der Waals surface area (Å²) >= 11 is 5.12. The van der Waals surface area contributed by atoms with Crippen LogP contribution in [0.5, 0.6) is 11.5 Å². The molecule has 0 amide bonds. The Hall–Kier alpha value is -1.04. The third kappa shape index (κ3) is 2.13. The summed E-state index contributed by atoms with van der Waals surface area (Å²) in [6, 6.07) is 9.47. The van der Waals surface area contributed by atoms with E-state index in [9.17, 15) is 0 Å². The lowest BCUT2D eigenvalue weighted by Gasteiger charge is -2.30. The second kappa shape index (κ2) is 4.91. The summed E-state index contributed by atoms with van der Waals surface area (Å²) in [5.74, 6) is 1.54. The van der Waals surface area contributed by atoms with Crippen molar-refractivity contribution in [1.82, 2.24) is 0 Å². The maximum atomic E-state index is 6.25. The van der Waals surface area contributed by atoms with Gasteiger partial charge in [-0.2, -0.15) is 0 Å². The van der Waals surface area contributed by atoms with Gasteiger partial charge in [-0.05, 0) is 39.5 Å². The quantitative estimate of drug-likeness (QED) is 0.920. The van der Waals surface area contributed by atoms with Crippen molar-refractivity contribution in [2.24, 2.45) is 5.73 Å². The SMILES string of the molecule is NC(c1sccc1Br)C1COc2ccccc2O1. The molecule has 2 unspecified atom stereocenters. The molecule has 0 saturated carbocycles. The van der Waals surface area contributed by atoms with Crippen molar-refractivity contribution in [2.75, 3.05) is 6.61 Å². The normalized spacial score (nSPS) is 19.6. The fraction of sp³-hybridized carbons (Fsp3) is 0.231. The minimum atomic E-state index is -0.187. The molecule has 2 atom stereocenters. The Balaban J connectivity index is 1.82. The molecule has 0 radical (unpaired) electrons. The van der Waals surface area contributed by atoms with Gasteiger partial charge < -0.3 is 15.2 Å². The van der Waals surface area contributed by atoms with Gasteiger partial charge in [-0.1, -0.05) is 12.1 Å². The standard InChI is InChI=1S/C13H12BrNO2S/c14-8-5-6-18-13(8)12(15)11-7-16-9-3-1-2-4-10(9)17-11/h1-6,11-12H,7,15H2. The molecule has 2 N–H and O–H groups in total. The van der Waals surface area contributed by atoms with Crippen LogP contribution < -0.4 is 15.2 Å². The Morgan fingerprint density at radius 1 is 1.28 bits per heavy atom. The molecule has 1 aromatic heterocycles. The van der Waals surface area contributed by atoms with Crippen LogP contribution in [-0.2, 0) is 0 Å². The van der Waals surface area contributed by atoms with Crippen molar-refractivity contribution in [1.29, 1.82) is 0 Å². The summed E-state index contributed by atoms with van der Waals surface area (Å²) in [5, 5.41) is 2.01. The highest BCUT2D eigenvalue weighted by Gasteiger charge is 2.29. The van der Waals surface area contributed by atoms with Gasteiger partial charge in [0, 0.05) is 9.35 Å². The molecule has 94 valence electrons. The first-order chi connectivity index (χ1) is 8.75. The molecule has 0 fully saturated rings. The zero-order chi connectivity index (χ0) is 12.5. The van der Waals surface area contributed by atoms with Crippen LogP contribution in [-0.4, -0.2) is 12.7 Å². The van der Waals surface area contributed by atoms with Crippen LogP contribution in [0.1, 0.15) is 10.9 Å². The molecular formula is C13H12BrNO2S. The summed E-state index contributed by atoms with van der Waals surface area (Å²) in [6.45, 7) is 0.475. The Morgan fingerprint density at radius 3 is 2.78 bits per heavy atom. The van der Waals surface area contributed by atoms with E-state index in [4.69, 9.17) is 15.2 Å². The van der Waals surface area contributed by atoms with Gasteiger partial charge in [-0.15, -0.1) is 11.3 Å². The molecule has 0 saturated heterocycles. The first-order valence-electron chi connectivity index (χ1n) is 5.62. The summed E-state index contributed by atoms with van der Waals surface area (Å²) in [5.41, 5.74) is 6.25. The van der Waals surface area contributed by atoms with Gasteiger partial charge >= 0.3 is 0 Å². The van der Waals surface area contributed by atoms with E-state index in [0.29, 0.717) is 6.61 Å². The van der Waals surface area contributed by atoms with Crippen molar-refractivity contribution < 1.29 is 9.47 Å². The third-order valence-corrected chi connectivity index (χ3v) is 4.85. The summed E-state index contributed by atoms with van der Waals surface area (Å²) in [7, 11) is 0. The van der Waals surface area contributed by atoms with Crippen molar-refractivity contribution in [3.63, 3.8) is 0 Å². The third-order valence-electron chi connectivity index (χ3n) is 2.88. The van der Waals surface area contributed by atoms with Crippen LogP contribution >= 0.6 is 27.3 Å². The van der Waals surface area contributed by atoms with E-state index in [1.165, 1.54) is 0 Å². The predicted molar refractivity (Wildman–Crippen MR) is 75.3 cm³/mol. The smallest absolute Gasteiger partial charge is 0.161 e. The number of hydrogen-bond acceptors (Lipinski definition) is 4. The fourth-order valence-electron chi connectivity index (χ4n) is 1.92. The van der Waals surface area contributed by atoms with Crippen LogP contribution in [0.15, 0.2) is 40.2 Å². The molecule has 2 aromatic rings. The molecule has 0 spiro atoms. The maximum Gasteiger partial charge on any atom is 0.161 e. The zero-order valence-corrected chi connectivity index (χ0v) is 11.9. The Morgan fingerprint density at radius 2 is 2.06 bits per heavy atom. The van der Waals surface area contributed by atoms with E-state index in [1.807, 2.05) is 35.7 Å². The van der Waals surface area contributed by atoms with E-state index in [0.717, 1.165) is 20.8 Å². The van der Waals surface area contributed by atoms with Gasteiger partial charge in [0.25, 0.3) is 0 Å². The first kappa shape index (κ1) is 12.0. The van der Waals surface area contributed by atoms with Gasteiger partial charge in [-0.3, -0.25) is 0 Å². The highest BCUT2D eigenvalue weighted by molar-refractivity contribution is 9.10. The number of benzene rings is 1. The van der Waals surface area contributed by atoms with Crippen LogP contribution in [0, 0.1) is 0 Å². The second-order valence-electron chi connectivity index (χ2n) is 4.07. The van der Waals surface area contributed by atoms with E-state index < -0.39 is 0 Å². The minimum absolute atomic E-state index is 0.158. The number of hydrogen-bond donors (Lipinski definition) is 1. The van der Waals surface area contributed by atoms with Crippen molar-refractivity contribution in [3.8, 4) is 11.5 Å². The average Bonchev–Trinajstić information content (AvgIpc) is 2.83. The lowest BCUT2D eigenvalue weighted by molar-refractivity contribution is 0.0728. The first-order valence-corrected chi connectivity index (χ1v) is 7.30. The Bertz CT molecular complexity index is 557. The minimum Gasteiger partial charge on any atom is -0.486 e. The lowest BCUT2D eigenvalue weighted by Crippen LogP contribution is -2.38. The summed E-state index contributed by atoms with van der Waals surface area (Å²) in [4.78, 5) is 1.09. The molecule has 1 aliphatic rings. The predicted octanol–water partition coefficient (Wildman–Crippen LogP) is 3.35. The largest absolute Gasteiger partial charge is 0.486 e. The molecule has 1 aliphatic heterocycles. The number of nitrogens with two attached hydrogens (primary N) is 1. The number of thiophene rings is 1. The van der Waals surface area contributed by atoms with Crippen molar-refractivity contribution in [2.45, 2.75) is 12.1 Å². The lowest BCUT2D eigenvalue weighted by atomic mass is 10.1. The molecular weight excluding hydrogens is 314 g/mol. The van der Waals surface area contributed by atoms with Crippen molar-refractivity contribution in [3.05, 3.63) is 45.1 Å². The van der Waals surface area contributed by atoms with Crippen LogP contribution in [0.25, 0.3) is 0 Å². The van der Waals surface area contributed by atoms with Crippen LogP contribution in [0.4, 0.5) is 0 Å².